The maximum atomic E-state index is 6.08. The first kappa shape index (κ1) is 21.7. The van der Waals surface area contributed by atoms with Crippen molar-refractivity contribution in [1.29, 1.82) is 0 Å². The minimum Gasteiger partial charge on any atom is -0.493 e. The van der Waals surface area contributed by atoms with Crippen LogP contribution >= 0.6 is 39.1 Å². The molecule has 3 rings (SSSR count). The lowest BCUT2D eigenvalue weighted by molar-refractivity contribution is 0.0374. The summed E-state index contributed by atoms with van der Waals surface area (Å²) < 4.78 is 17.8. The van der Waals surface area contributed by atoms with E-state index in [4.69, 9.17) is 37.4 Å². The van der Waals surface area contributed by atoms with Gasteiger partial charge in [0.15, 0.2) is 11.5 Å². The number of rotatable bonds is 8. The topological polar surface area (TPSA) is 30.9 Å². The van der Waals surface area contributed by atoms with E-state index in [9.17, 15) is 0 Å². The minimum absolute atomic E-state index is 0.377. The lowest BCUT2D eigenvalue weighted by Crippen LogP contribution is -2.36. The van der Waals surface area contributed by atoms with Crippen molar-refractivity contribution >= 4 is 39.1 Å². The van der Waals surface area contributed by atoms with Gasteiger partial charge in [-0.2, -0.15) is 0 Å². The van der Waals surface area contributed by atoms with Crippen molar-refractivity contribution in [3.63, 3.8) is 0 Å². The Labute approximate surface area is 184 Å². The summed E-state index contributed by atoms with van der Waals surface area (Å²) in [7, 11) is 1.66. The first-order valence-corrected chi connectivity index (χ1v) is 10.8. The van der Waals surface area contributed by atoms with Gasteiger partial charge in [0.1, 0.15) is 6.61 Å². The number of hydrogen-bond donors (Lipinski definition) is 0. The largest absolute Gasteiger partial charge is 0.493 e. The molecule has 0 atom stereocenters. The molecule has 0 bridgehead atoms. The average Bonchev–Trinajstić information content (AvgIpc) is 2.70. The van der Waals surface area contributed by atoms with E-state index in [0.717, 1.165) is 61.5 Å². The van der Waals surface area contributed by atoms with E-state index < -0.39 is 0 Å². The molecule has 2 aromatic carbocycles. The Bertz CT molecular complexity index is 797. The predicted molar refractivity (Wildman–Crippen MR) is 117 cm³/mol. The fourth-order valence-electron chi connectivity index (χ4n) is 3.17. The fourth-order valence-corrected chi connectivity index (χ4v) is 4.10. The smallest absolute Gasteiger partial charge is 0.175 e. The second-order valence-electron chi connectivity index (χ2n) is 6.70. The molecule has 0 spiro atoms. The third kappa shape index (κ3) is 6.01. The molecular formula is C21H24BrCl2NO3. The SMILES string of the molecule is COc1cc(CCCN2CCOCC2)cc(Br)c1OCc1ccc(Cl)c(Cl)c1. The molecule has 1 fully saturated rings. The number of halogens is 3. The van der Waals surface area contributed by atoms with E-state index in [2.05, 4.69) is 26.9 Å². The Hall–Kier alpha value is -0.980. The zero-order valence-electron chi connectivity index (χ0n) is 15.8. The summed E-state index contributed by atoms with van der Waals surface area (Å²) in [5, 5.41) is 1.05. The zero-order valence-corrected chi connectivity index (χ0v) is 18.9. The van der Waals surface area contributed by atoms with Gasteiger partial charge in [0, 0.05) is 13.1 Å². The molecule has 152 valence electrons. The lowest BCUT2D eigenvalue weighted by atomic mass is 10.1. The van der Waals surface area contributed by atoms with E-state index in [-0.39, 0.29) is 0 Å². The Balaban J connectivity index is 1.61. The van der Waals surface area contributed by atoms with Crippen LogP contribution in [0.3, 0.4) is 0 Å². The number of hydrogen-bond acceptors (Lipinski definition) is 4. The number of methoxy groups -OCH3 is 1. The highest BCUT2D eigenvalue weighted by Crippen LogP contribution is 2.37. The molecule has 4 nitrogen and oxygen atoms in total. The van der Waals surface area contributed by atoms with Crippen LogP contribution in [0.5, 0.6) is 11.5 Å². The first-order chi connectivity index (χ1) is 13.6. The lowest BCUT2D eigenvalue weighted by Gasteiger charge is -2.26. The van der Waals surface area contributed by atoms with E-state index in [1.807, 2.05) is 18.2 Å². The highest BCUT2D eigenvalue weighted by atomic mass is 79.9. The van der Waals surface area contributed by atoms with Crippen LogP contribution in [0.15, 0.2) is 34.8 Å². The van der Waals surface area contributed by atoms with Gasteiger partial charge >= 0.3 is 0 Å². The van der Waals surface area contributed by atoms with Gasteiger partial charge in [-0.3, -0.25) is 4.90 Å². The van der Waals surface area contributed by atoms with Crippen molar-refractivity contribution in [2.75, 3.05) is 40.0 Å². The Morgan fingerprint density at radius 1 is 1.07 bits per heavy atom. The highest BCUT2D eigenvalue weighted by molar-refractivity contribution is 9.10. The molecule has 0 N–H and O–H groups in total. The van der Waals surface area contributed by atoms with Gasteiger partial charge in [-0.1, -0.05) is 29.3 Å². The second-order valence-corrected chi connectivity index (χ2v) is 8.37. The molecule has 1 heterocycles. The molecule has 1 saturated heterocycles. The van der Waals surface area contributed by atoms with E-state index in [1.54, 1.807) is 13.2 Å². The summed E-state index contributed by atoms with van der Waals surface area (Å²) in [5.41, 5.74) is 2.16. The van der Waals surface area contributed by atoms with Crippen LogP contribution in [0, 0.1) is 0 Å². The summed E-state index contributed by atoms with van der Waals surface area (Å²) in [6.07, 6.45) is 2.08. The molecule has 1 aliphatic heterocycles. The molecule has 0 amide bonds. The summed E-state index contributed by atoms with van der Waals surface area (Å²) in [4.78, 5) is 2.45. The standard InChI is InChI=1S/C21H24BrCl2NO3/c1-26-20-13-15(3-2-6-25-7-9-27-10-8-25)11-17(22)21(20)28-14-16-4-5-18(23)19(24)12-16/h4-5,11-13H,2-3,6-10,14H2,1H3. The Kier molecular flexibility index (Phi) is 8.30. The molecule has 7 heteroatoms. The minimum atomic E-state index is 0.377. The predicted octanol–water partition coefficient (Wildman–Crippen LogP) is 5.61. The van der Waals surface area contributed by atoms with Gasteiger partial charge in [-0.05, 0) is 70.7 Å². The van der Waals surface area contributed by atoms with Crippen LogP contribution in [0.1, 0.15) is 17.5 Å². The number of ether oxygens (including phenoxy) is 3. The van der Waals surface area contributed by atoms with Crippen molar-refractivity contribution in [2.24, 2.45) is 0 Å². The van der Waals surface area contributed by atoms with Crippen molar-refractivity contribution in [3.8, 4) is 11.5 Å². The summed E-state index contributed by atoms with van der Waals surface area (Å²) in [6.45, 7) is 5.18. The molecule has 0 saturated carbocycles. The summed E-state index contributed by atoms with van der Waals surface area (Å²) >= 11 is 15.7. The summed E-state index contributed by atoms with van der Waals surface area (Å²) in [5.74, 6) is 1.40. The van der Waals surface area contributed by atoms with Crippen molar-refractivity contribution in [3.05, 3.63) is 56.0 Å². The van der Waals surface area contributed by atoms with Crippen molar-refractivity contribution in [2.45, 2.75) is 19.4 Å². The summed E-state index contributed by atoms with van der Waals surface area (Å²) in [6, 6.07) is 9.63. The molecule has 0 aromatic heterocycles. The van der Waals surface area contributed by atoms with Crippen LogP contribution in [-0.2, 0) is 17.8 Å². The molecule has 28 heavy (non-hydrogen) atoms. The molecule has 1 aliphatic rings. The third-order valence-electron chi connectivity index (χ3n) is 4.70. The highest BCUT2D eigenvalue weighted by Gasteiger charge is 2.14. The van der Waals surface area contributed by atoms with E-state index >= 15 is 0 Å². The van der Waals surface area contributed by atoms with E-state index in [0.29, 0.717) is 22.4 Å². The third-order valence-corrected chi connectivity index (χ3v) is 6.03. The van der Waals surface area contributed by atoms with Crippen molar-refractivity contribution in [1.82, 2.24) is 4.90 Å². The van der Waals surface area contributed by atoms with Gasteiger partial charge in [-0.25, -0.2) is 0 Å². The molecule has 0 unspecified atom stereocenters. The van der Waals surface area contributed by atoms with Crippen LogP contribution < -0.4 is 9.47 Å². The number of aryl methyl sites for hydroxylation is 1. The van der Waals surface area contributed by atoms with Crippen LogP contribution in [0.4, 0.5) is 0 Å². The normalized spacial score (nSPS) is 14.9. The Morgan fingerprint density at radius 3 is 2.57 bits per heavy atom. The maximum Gasteiger partial charge on any atom is 0.175 e. The number of benzene rings is 2. The van der Waals surface area contributed by atoms with Gasteiger partial charge in [0.25, 0.3) is 0 Å². The van der Waals surface area contributed by atoms with Crippen LogP contribution in [0.25, 0.3) is 0 Å². The number of nitrogens with zero attached hydrogens (tertiary/aromatic N) is 1. The van der Waals surface area contributed by atoms with Crippen LogP contribution in [-0.4, -0.2) is 44.9 Å². The monoisotopic (exact) mass is 487 g/mol. The molecule has 2 aromatic rings. The van der Waals surface area contributed by atoms with Gasteiger partial charge in [0.05, 0.1) is 34.8 Å². The number of morpholine rings is 1. The van der Waals surface area contributed by atoms with Crippen molar-refractivity contribution < 1.29 is 14.2 Å². The molecule has 0 radical (unpaired) electrons. The average molecular weight is 489 g/mol. The molecule has 0 aliphatic carbocycles. The van der Waals surface area contributed by atoms with E-state index in [1.165, 1.54) is 5.56 Å². The Morgan fingerprint density at radius 2 is 1.86 bits per heavy atom. The zero-order chi connectivity index (χ0) is 19.9. The fraction of sp³-hybridized carbons (Fsp3) is 0.429. The van der Waals surface area contributed by atoms with Gasteiger partial charge < -0.3 is 14.2 Å². The first-order valence-electron chi connectivity index (χ1n) is 9.30. The van der Waals surface area contributed by atoms with Gasteiger partial charge in [0.2, 0.25) is 0 Å². The quantitative estimate of drug-likeness (QED) is 0.483. The van der Waals surface area contributed by atoms with Gasteiger partial charge in [-0.15, -0.1) is 0 Å². The molecular weight excluding hydrogens is 465 g/mol. The maximum absolute atomic E-state index is 6.08. The second kappa shape index (κ2) is 10.7. The van der Waals surface area contributed by atoms with Crippen LogP contribution in [0.2, 0.25) is 10.0 Å².